The van der Waals surface area contributed by atoms with Crippen LogP contribution in [0.3, 0.4) is 0 Å². The van der Waals surface area contributed by atoms with E-state index in [1.54, 1.807) is 0 Å². The molecule has 23 heavy (non-hydrogen) atoms. The predicted octanol–water partition coefficient (Wildman–Crippen LogP) is -1.49. The lowest BCUT2D eigenvalue weighted by Gasteiger charge is -2.13. The SMILES string of the molecule is CNC(=O)Nc1ncnc2c1[nH]c(=O)n2[C@H]1CC(O)[C@@H](CO)O1. The number of hydrogen-bond donors (Lipinski definition) is 5. The Morgan fingerprint density at radius 1 is 1.57 bits per heavy atom. The van der Waals surface area contributed by atoms with Gasteiger partial charge < -0.3 is 25.3 Å². The highest BCUT2D eigenvalue weighted by atomic mass is 16.5. The average molecular weight is 324 g/mol. The van der Waals surface area contributed by atoms with E-state index in [0.29, 0.717) is 0 Å². The van der Waals surface area contributed by atoms with Gasteiger partial charge in [-0.3, -0.25) is 5.32 Å². The molecule has 1 unspecified atom stereocenters. The van der Waals surface area contributed by atoms with Crippen molar-refractivity contribution in [1.82, 2.24) is 24.8 Å². The maximum atomic E-state index is 12.2. The summed E-state index contributed by atoms with van der Waals surface area (Å²) in [6.07, 6.45) is -1.08. The molecule has 0 aliphatic carbocycles. The maximum absolute atomic E-state index is 12.2. The minimum absolute atomic E-state index is 0.139. The average Bonchev–Trinajstić information content (AvgIpc) is 3.06. The molecule has 3 rings (SSSR count). The first-order valence-corrected chi connectivity index (χ1v) is 6.93. The fourth-order valence-electron chi connectivity index (χ4n) is 2.51. The Morgan fingerprint density at radius 2 is 2.35 bits per heavy atom. The molecule has 3 atom stereocenters. The van der Waals surface area contributed by atoms with Crippen LogP contribution in [0.25, 0.3) is 11.2 Å². The second kappa shape index (κ2) is 5.95. The Hall–Kier alpha value is -2.50. The zero-order valence-electron chi connectivity index (χ0n) is 12.2. The zero-order valence-corrected chi connectivity index (χ0v) is 12.2. The quantitative estimate of drug-likeness (QED) is 0.461. The van der Waals surface area contributed by atoms with Crippen molar-refractivity contribution in [3.8, 4) is 0 Å². The smallest absolute Gasteiger partial charge is 0.329 e. The molecular weight excluding hydrogens is 308 g/mol. The molecule has 1 saturated heterocycles. The molecular formula is C12H16N6O5. The van der Waals surface area contributed by atoms with Crippen molar-refractivity contribution in [2.75, 3.05) is 19.0 Å². The van der Waals surface area contributed by atoms with Gasteiger partial charge in [-0.2, -0.15) is 0 Å². The number of aromatic amines is 1. The number of nitrogens with one attached hydrogen (secondary N) is 3. The van der Waals surface area contributed by atoms with Crippen LogP contribution in [0.2, 0.25) is 0 Å². The van der Waals surface area contributed by atoms with Crippen LogP contribution in [0.1, 0.15) is 12.6 Å². The van der Waals surface area contributed by atoms with Crippen LogP contribution < -0.4 is 16.3 Å². The van der Waals surface area contributed by atoms with E-state index < -0.39 is 30.2 Å². The summed E-state index contributed by atoms with van der Waals surface area (Å²) in [5, 5.41) is 23.8. The molecule has 1 aliphatic rings. The van der Waals surface area contributed by atoms with Gasteiger partial charge in [-0.25, -0.2) is 24.1 Å². The lowest BCUT2D eigenvalue weighted by molar-refractivity contribution is -0.0441. The lowest BCUT2D eigenvalue weighted by atomic mass is 10.2. The molecule has 2 amide bonds. The number of urea groups is 1. The Morgan fingerprint density at radius 3 is 3.00 bits per heavy atom. The normalized spacial score (nSPS) is 24.0. The molecule has 1 fully saturated rings. The molecule has 0 saturated carbocycles. The van der Waals surface area contributed by atoms with Crippen LogP contribution in [0.15, 0.2) is 11.1 Å². The van der Waals surface area contributed by atoms with Crippen molar-refractivity contribution >= 4 is 23.0 Å². The van der Waals surface area contributed by atoms with E-state index in [1.165, 1.54) is 17.9 Å². The first-order chi connectivity index (χ1) is 11.0. The third kappa shape index (κ3) is 2.65. The molecule has 2 aromatic rings. The number of carbonyl (C=O) groups excluding carboxylic acids is 1. The van der Waals surface area contributed by atoms with Gasteiger partial charge in [0.2, 0.25) is 0 Å². The van der Waals surface area contributed by atoms with Crippen LogP contribution in [0, 0.1) is 0 Å². The predicted molar refractivity (Wildman–Crippen MR) is 77.8 cm³/mol. The molecule has 3 heterocycles. The number of aromatic nitrogens is 4. The van der Waals surface area contributed by atoms with Gasteiger partial charge >= 0.3 is 11.7 Å². The summed E-state index contributed by atoms with van der Waals surface area (Å²) in [6, 6.07) is -0.494. The van der Waals surface area contributed by atoms with Gasteiger partial charge in [0.05, 0.1) is 12.7 Å². The van der Waals surface area contributed by atoms with Gasteiger partial charge in [-0.15, -0.1) is 0 Å². The van der Waals surface area contributed by atoms with Gasteiger partial charge in [0.15, 0.2) is 11.5 Å². The highest BCUT2D eigenvalue weighted by molar-refractivity contribution is 5.95. The van der Waals surface area contributed by atoms with Gasteiger partial charge in [0.1, 0.15) is 24.2 Å². The van der Waals surface area contributed by atoms with Gasteiger partial charge in [0, 0.05) is 13.5 Å². The van der Waals surface area contributed by atoms with E-state index in [4.69, 9.17) is 9.84 Å². The standard InChI is InChI=1S/C12H16N6O5/c1-13-11(21)17-9-8-10(15-4-14-9)18(12(22)16-8)7-2-5(20)6(3-19)23-7/h4-7,19-20H,2-3H2,1H3,(H,16,22)(H2,13,14,15,17,21)/t5?,6-,7-/m1/s1. The number of aliphatic hydroxyl groups excluding tert-OH is 2. The van der Waals surface area contributed by atoms with Crippen LogP contribution in [0.5, 0.6) is 0 Å². The molecule has 0 bridgehead atoms. The highest BCUT2D eigenvalue weighted by Crippen LogP contribution is 2.30. The third-order valence-electron chi connectivity index (χ3n) is 3.64. The van der Waals surface area contributed by atoms with E-state index in [9.17, 15) is 14.7 Å². The number of ether oxygens (including phenoxy) is 1. The maximum Gasteiger partial charge on any atom is 0.329 e. The number of H-pyrrole nitrogens is 1. The number of nitrogens with zero attached hydrogens (tertiary/aromatic N) is 3. The van der Waals surface area contributed by atoms with E-state index in [-0.39, 0.29) is 30.0 Å². The molecule has 0 aromatic carbocycles. The number of carbonyl (C=O) groups is 1. The van der Waals surface area contributed by atoms with Crippen molar-refractivity contribution in [2.24, 2.45) is 0 Å². The number of imidazole rings is 1. The van der Waals surface area contributed by atoms with Gasteiger partial charge in [-0.05, 0) is 0 Å². The second-order valence-corrected chi connectivity index (χ2v) is 5.04. The first-order valence-electron chi connectivity index (χ1n) is 6.93. The number of anilines is 1. The molecule has 11 nitrogen and oxygen atoms in total. The highest BCUT2D eigenvalue weighted by Gasteiger charge is 2.36. The second-order valence-electron chi connectivity index (χ2n) is 5.04. The number of aliphatic hydroxyl groups is 2. The summed E-state index contributed by atoms with van der Waals surface area (Å²) >= 11 is 0. The van der Waals surface area contributed by atoms with Crippen molar-refractivity contribution in [1.29, 1.82) is 0 Å². The van der Waals surface area contributed by atoms with Crippen molar-refractivity contribution < 1.29 is 19.7 Å². The number of rotatable bonds is 3. The zero-order chi connectivity index (χ0) is 16.6. The fraction of sp³-hybridized carbons (Fsp3) is 0.500. The molecule has 124 valence electrons. The summed E-state index contributed by atoms with van der Waals surface area (Å²) in [4.78, 5) is 34.2. The Balaban J connectivity index is 2.03. The Bertz CT molecular complexity index is 786. The van der Waals surface area contributed by atoms with Crippen LogP contribution in [-0.4, -0.2) is 61.6 Å². The van der Waals surface area contributed by atoms with Crippen LogP contribution in [0.4, 0.5) is 10.6 Å². The van der Waals surface area contributed by atoms with E-state index in [1.807, 2.05) is 0 Å². The summed E-state index contributed by atoms with van der Waals surface area (Å²) in [5.74, 6) is 0.141. The minimum Gasteiger partial charge on any atom is -0.394 e. The monoisotopic (exact) mass is 324 g/mol. The molecule has 2 aromatic heterocycles. The molecule has 0 radical (unpaired) electrons. The molecule has 0 spiro atoms. The topological polar surface area (TPSA) is 154 Å². The number of fused-ring (bicyclic) bond motifs is 1. The van der Waals surface area contributed by atoms with Gasteiger partial charge in [-0.1, -0.05) is 0 Å². The summed E-state index contributed by atoms with van der Waals surface area (Å²) in [7, 11) is 1.45. The fourth-order valence-corrected chi connectivity index (χ4v) is 2.51. The molecule has 5 N–H and O–H groups in total. The van der Waals surface area contributed by atoms with E-state index in [2.05, 4.69) is 25.6 Å². The molecule has 1 aliphatic heterocycles. The molecule has 11 heteroatoms. The third-order valence-corrected chi connectivity index (χ3v) is 3.64. The number of amides is 2. The summed E-state index contributed by atoms with van der Waals surface area (Å²) < 4.78 is 6.71. The van der Waals surface area contributed by atoms with Crippen molar-refractivity contribution in [3.63, 3.8) is 0 Å². The van der Waals surface area contributed by atoms with Crippen LogP contribution >= 0.6 is 0 Å². The summed E-state index contributed by atoms with van der Waals surface area (Å²) in [5.41, 5.74) is -0.0462. The summed E-state index contributed by atoms with van der Waals surface area (Å²) in [6.45, 7) is -0.354. The largest absolute Gasteiger partial charge is 0.394 e. The van der Waals surface area contributed by atoms with E-state index in [0.717, 1.165) is 0 Å². The first kappa shape index (κ1) is 15.4. The van der Waals surface area contributed by atoms with E-state index >= 15 is 0 Å². The van der Waals surface area contributed by atoms with Crippen LogP contribution in [-0.2, 0) is 4.74 Å². The van der Waals surface area contributed by atoms with Crippen molar-refractivity contribution in [3.05, 3.63) is 16.8 Å². The number of hydrogen-bond acceptors (Lipinski definition) is 7. The van der Waals surface area contributed by atoms with Gasteiger partial charge in [0.25, 0.3) is 0 Å². The Labute approximate surface area is 129 Å². The lowest BCUT2D eigenvalue weighted by Crippen LogP contribution is -2.25. The Kier molecular flexibility index (Phi) is 3.98. The minimum atomic E-state index is -0.882. The van der Waals surface area contributed by atoms with Crippen molar-refractivity contribution in [2.45, 2.75) is 24.9 Å².